The van der Waals surface area contributed by atoms with Crippen LogP contribution in [0.1, 0.15) is 44.1 Å². The topological polar surface area (TPSA) is 77.3 Å². The Balaban J connectivity index is 1.06. The molecule has 12 rings (SSSR count). The lowest BCUT2D eigenvalue weighted by Crippen LogP contribution is -2.48. The Morgan fingerprint density at radius 1 is 0.293 bits per heavy atom. The van der Waals surface area contributed by atoms with Gasteiger partial charge in [-0.25, -0.2) is 29.9 Å². The van der Waals surface area contributed by atoms with Crippen molar-refractivity contribution in [2.75, 3.05) is 0 Å². The molecule has 4 aliphatic rings. The Morgan fingerprint density at radius 3 is 0.948 bits per heavy atom. The van der Waals surface area contributed by atoms with Crippen LogP contribution >= 0.6 is 0 Å². The number of hydrogen-bond donors (Lipinski definition) is 0. The lowest BCUT2D eigenvalue weighted by molar-refractivity contribution is -0.00518. The first-order valence-corrected chi connectivity index (χ1v) is 20.6. The minimum atomic E-state index is 0.330. The van der Waals surface area contributed by atoms with Crippen LogP contribution in [-0.2, 0) is 5.41 Å². The van der Waals surface area contributed by atoms with Gasteiger partial charge in [0.2, 0.25) is 0 Å². The van der Waals surface area contributed by atoms with Gasteiger partial charge in [-0.15, -0.1) is 0 Å². The molecule has 6 nitrogen and oxygen atoms in total. The van der Waals surface area contributed by atoms with Gasteiger partial charge in [0.15, 0.2) is 34.9 Å². The second kappa shape index (κ2) is 14.4. The zero-order chi connectivity index (χ0) is 38.5. The Bertz CT molecular complexity index is 2640. The van der Waals surface area contributed by atoms with E-state index in [1.54, 1.807) is 0 Å². The molecule has 0 saturated heterocycles. The van der Waals surface area contributed by atoms with Gasteiger partial charge in [-0.2, -0.15) is 0 Å². The largest absolute Gasteiger partial charge is 0.208 e. The fourth-order valence-electron chi connectivity index (χ4n) is 10.4. The molecule has 0 aliphatic heterocycles. The molecule has 0 spiro atoms. The Kier molecular flexibility index (Phi) is 8.57. The number of nitrogens with zero attached hydrogens (tertiary/aromatic N) is 6. The van der Waals surface area contributed by atoms with E-state index in [1.807, 2.05) is 84.9 Å². The fourth-order valence-corrected chi connectivity index (χ4v) is 10.4. The monoisotopic (exact) mass is 750 g/mol. The first-order valence-electron chi connectivity index (χ1n) is 20.6. The summed E-state index contributed by atoms with van der Waals surface area (Å²) in [6, 6.07) is 56.5. The molecule has 4 bridgehead atoms. The summed E-state index contributed by atoms with van der Waals surface area (Å²) in [5.41, 5.74) is 9.38. The molecule has 2 heterocycles. The van der Waals surface area contributed by atoms with Gasteiger partial charge < -0.3 is 0 Å². The normalized spacial score (nSPS) is 20.6. The summed E-state index contributed by atoms with van der Waals surface area (Å²) in [6.07, 6.45) is 8.34. The molecule has 280 valence electrons. The lowest BCUT2D eigenvalue weighted by Gasteiger charge is -2.57. The lowest BCUT2D eigenvalue weighted by atomic mass is 9.48. The predicted molar refractivity (Wildman–Crippen MR) is 231 cm³/mol. The minimum absolute atomic E-state index is 0.330. The van der Waals surface area contributed by atoms with Gasteiger partial charge in [0.1, 0.15) is 0 Å². The van der Waals surface area contributed by atoms with Gasteiger partial charge >= 0.3 is 0 Å². The first-order chi connectivity index (χ1) is 28.6. The molecule has 58 heavy (non-hydrogen) atoms. The van der Waals surface area contributed by atoms with Crippen molar-refractivity contribution in [3.8, 4) is 79.5 Å². The summed E-state index contributed by atoms with van der Waals surface area (Å²) in [6.45, 7) is 0. The van der Waals surface area contributed by atoms with Crippen molar-refractivity contribution in [2.45, 2.75) is 43.9 Å². The molecule has 8 aromatic rings. The van der Waals surface area contributed by atoms with E-state index in [2.05, 4.69) is 78.9 Å². The summed E-state index contributed by atoms with van der Waals surface area (Å²) in [5.74, 6) is 6.38. The van der Waals surface area contributed by atoms with Crippen LogP contribution in [0.3, 0.4) is 0 Å². The second-order valence-corrected chi connectivity index (χ2v) is 16.7. The molecule has 0 atom stereocenters. The maximum absolute atomic E-state index is 5.25. The predicted octanol–water partition coefficient (Wildman–Crippen LogP) is 12.2. The van der Waals surface area contributed by atoms with Crippen LogP contribution in [0.2, 0.25) is 0 Å². The van der Waals surface area contributed by atoms with E-state index in [4.69, 9.17) is 29.9 Å². The van der Waals surface area contributed by atoms with Crippen LogP contribution in [0, 0.1) is 17.8 Å². The summed E-state index contributed by atoms with van der Waals surface area (Å²) >= 11 is 0. The second-order valence-electron chi connectivity index (χ2n) is 16.7. The molecule has 2 aromatic heterocycles. The van der Waals surface area contributed by atoms with Gasteiger partial charge in [-0.3, -0.25) is 0 Å². The van der Waals surface area contributed by atoms with Crippen LogP contribution in [0.5, 0.6) is 0 Å². The van der Waals surface area contributed by atoms with E-state index < -0.39 is 0 Å². The van der Waals surface area contributed by atoms with Crippen molar-refractivity contribution in [1.82, 2.24) is 29.9 Å². The van der Waals surface area contributed by atoms with Crippen LogP contribution in [0.25, 0.3) is 79.5 Å². The molecular formula is C52H42N6. The Morgan fingerprint density at radius 2 is 0.586 bits per heavy atom. The van der Waals surface area contributed by atoms with Crippen molar-refractivity contribution in [3.05, 3.63) is 169 Å². The van der Waals surface area contributed by atoms with Gasteiger partial charge in [-0.05, 0) is 96.6 Å². The fraction of sp³-hybridized carbons (Fsp3) is 0.192. The van der Waals surface area contributed by atoms with E-state index in [0.29, 0.717) is 40.4 Å². The molecule has 0 radical (unpaired) electrons. The summed E-state index contributed by atoms with van der Waals surface area (Å²) in [7, 11) is 0. The number of rotatable bonds is 8. The van der Waals surface area contributed by atoms with E-state index in [0.717, 1.165) is 62.3 Å². The van der Waals surface area contributed by atoms with E-state index in [-0.39, 0.29) is 0 Å². The maximum Gasteiger partial charge on any atom is 0.164 e. The van der Waals surface area contributed by atoms with E-state index >= 15 is 0 Å². The third kappa shape index (κ3) is 6.58. The molecule has 4 fully saturated rings. The molecule has 4 aliphatic carbocycles. The summed E-state index contributed by atoms with van der Waals surface area (Å²) in [5, 5.41) is 0. The quantitative estimate of drug-likeness (QED) is 0.154. The van der Waals surface area contributed by atoms with Crippen molar-refractivity contribution in [3.63, 3.8) is 0 Å². The van der Waals surface area contributed by atoms with Crippen LogP contribution < -0.4 is 0 Å². The summed E-state index contributed by atoms with van der Waals surface area (Å²) < 4.78 is 0. The minimum Gasteiger partial charge on any atom is -0.208 e. The molecule has 6 aromatic carbocycles. The highest BCUT2D eigenvalue weighted by atomic mass is 15.0. The average molecular weight is 751 g/mol. The van der Waals surface area contributed by atoms with Crippen molar-refractivity contribution in [2.24, 2.45) is 17.8 Å². The Labute approximate surface area is 339 Å². The van der Waals surface area contributed by atoms with Crippen LogP contribution in [0.15, 0.2) is 164 Å². The SMILES string of the molecule is c1ccc(-c2cc(-c3nc(-c4ccccc4)nc(-c4ccccc4)n3)cc(-c3nc(-c4ccccc4)nc(-c4ccc(C56CC7CC(CC(C7)C5)C6)cc4)n3)c2)cc1. The highest BCUT2D eigenvalue weighted by molar-refractivity contribution is 5.79. The smallest absolute Gasteiger partial charge is 0.164 e. The van der Waals surface area contributed by atoms with E-state index in [1.165, 1.54) is 44.1 Å². The number of aromatic nitrogens is 6. The van der Waals surface area contributed by atoms with Gasteiger partial charge in [0.25, 0.3) is 0 Å². The zero-order valence-electron chi connectivity index (χ0n) is 32.2. The highest BCUT2D eigenvalue weighted by Gasteiger charge is 2.51. The standard InChI is InChI=1S/C52H42N6/c1-5-13-37(14-6-1)42-28-43(50-55-46(38-15-7-2-8-16-38)53-47(56-50)39-17-9-3-10-18-39)30-44(29-42)51-57-48(40-19-11-4-12-20-40)54-49(58-51)41-21-23-45(24-22-41)52-31-34-25-35(32-52)27-36(26-34)33-52/h1-24,28-30,34-36H,25-27,31-33H2. The van der Waals surface area contributed by atoms with Crippen LogP contribution in [0.4, 0.5) is 0 Å². The van der Waals surface area contributed by atoms with Crippen molar-refractivity contribution < 1.29 is 0 Å². The molecule has 0 unspecified atom stereocenters. The van der Waals surface area contributed by atoms with E-state index in [9.17, 15) is 0 Å². The van der Waals surface area contributed by atoms with Gasteiger partial charge in [0.05, 0.1) is 0 Å². The highest BCUT2D eigenvalue weighted by Crippen LogP contribution is 2.60. The molecule has 6 heteroatoms. The third-order valence-corrected chi connectivity index (χ3v) is 12.7. The van der Waals surface area contributed by atoms with Crippen molar-refractivity contribution >= 4 is 0 Å². The average Bonchev–Trinajstić information content (AvgIpc) is 3.29. The van der Waals surface area contributed by atoms with Crippen molar-refractivity contribution in [1.29, 1.82) is 0 Å². The van der Waals surface area contributed by atoms with Crippen LogP contribution in [-0.4, -0.2) is 29.9 Å². The molecular weight excluding hydrogens is 709 g/mol. The number of hydrogen-bond acceptors (Lipinski definition) is 6. The zero-order valence-corrected chi connectivity index (χ0v) is 32.2. The maximum atomic E-state index is 5.25. The third-order valence-electron chi connectivity index (χ3n) is 12.7. The molecule has 0 amide bonds. The summed E-state index contributed by atoms with van der Waals surface area (Å²) in [4.78, 5) is 30.7. The molecule has 0 N–H and O–H groups in total. The number of benzene rings is 6. The first kappa shape index (κ1) is 34.6. The van der Waals surface area contributed by atoms with Gasteiger partial charge in [-0.1, -0.05) is 146 Å². The van der Waals surface area contributed by atoms with Gasteiger partial charge in [0, 0.05) is 33.4 Å². The molecule has 4 saturated carbocycles. The Hall–Kier alpha value is -6.66.